The first kappa shape index (κ1) is 10.3. The van der Waals surface area contributed by atoms with E-state index in [4.69, 9.17) is 4.42 Å². The van der Waals surface area contributed by atoms with Crippen molar-refractivity contribution in [1.29, 1.82) is 0 Å². The second kappa shape index (κ2) is 3.88. The van der Waals surface area contributed by atoms with E-state index in [9.17, 15) is 4.79 Å². The molecule has 0 amide bonds. The second-order valence-electron chi connectivity index (χ2n) is 4.66. The van der Waals surface area contributed by atoms with Crippen molar-refractivity contribution >= 4 is 5.78 Å². The average molecular weight is 226 g/mol. The molecule has 17 heavy (non-hydrogen) atoms. The summed E-state index contributed by atoms with van der Waals surface area (Å²) in [7, 11) is 0. The number of benzene rings is 1. The fourth-order valence-electron chi connectivity index (χ4n) is 2.61. The van der Waals surface area contributed by atoms with Crippen molar-refractivity contribution in [3.8, 4) is 0 Å². The molecule has 0 bridgehead atoms. The van der Waals surface area contributed by atoms with E-state index < -0.39 is 0 Å². The molecule has 86 valence electrons. The summed E-state index contributed by atoms with van der Waals surface area (Å²) in [5.74, 6) is 1.33. The molecule has 1 aliphatic carbocycles. The Morgan fingerprint density at radius 2 is 1.94 bits per heavy atom. The highest BCUT2D eigenvalue weighted by Gasteiger charge is 2.29. The topological polar surface area (TPSA) is 30.2 Å². The van der Waals surface area contributed by atoms with Crippen molar-refractivity contribution in [3.63, 3.8) is 0 Å². The number of aryl methyl sites for hydroxylation is 1. The summed E-state index contributed by atoms with van der Waals surface area (Å²) >= 11 is 0. The first-order valence-electron chi connectivity index (χ1n) is 5.91. The molecule has 3 rings (SSSR count). The molecule has 0 saturated carbocycles. The van der Waals surface area contributed by atoms with Gasteiger partial charge in [-0.05, 0) is 24.0 Å². The van der Waals surface area contributed by atoms with Crippen LogP contribution >= 0.6 is 0 Å². The van der Waals surface area contributed by atoms with Crippen LogP contribution < -0.4 is 0 Å². The summed E-state index contributed by atoms with van der Waals surface area (Å²) in [4.78, 5) is 12.1. The Morgan fingerprint density at radius 3 is 2.71 bits per heavy atom. The van der Waals surface area contributed by atoms with E-state index in [0.29, 0.717) is 6.42 Å². The summed E-state index contributed by atoms with van der Waals surface area (Å²) in [6.07, 6.45) is 3.12. The number of furan rings is 1. The molecular formula is C15H14O2. The largest absolute Gasteiger partial charge is 0.468 e. The lowest BCUT2D eigenvalue weighted by atomic mass is 9.82. The molecule has 2 nitrogen and oxygen atoms in total. The standard InChI is InChI=1S/C15H14O2/c1-10-9-17-14-8-12(7-13(16)15(10)14)11-5-3-2-4-6-11/h2-6,9,12H,7-8H2,1H3. The van der Waals surface area contributed by atoms with E-state index in [1.165, 1.54) is 5.56 Å². The van der Waals surface area contributed by atoms with Gasteiger partial charge in [0, 0.05) is 12.8 Å². The number of carbonyl (C=O) groups excluding carboxylic acids is 1. The molecule has 1 aromatic carbocycles. The molecular weight excluding hydrogens is 212 g/mol. The van der Waals surface area contributed by atoms with Crippen molar-refractivity contribution in [2.45, 2.75) is 25.7 Å². The van der Waals surface area contributed by atoms with E-state index in [0.717, 1.165) is 23.3 Å². The molecule has 1 aliphatic rings. The van der Waals surface area contributed by atoms with Gasteiger partial charge >= 0.3 is 0 Å². The van der Waals surface area contributed by atoms with Gasteiger partial charge < -0.3 is 4.42 Å². The fraction of sp³-hybridized carbons (Fsp3) is 0.267. The molecule has 2 heteroatoms. The number of ketones is 1. The van der Waals surface area contributed by atoms with E-state index in [1.807, 2.05) is 25.1 Å². The Morgan fingerprint density at radius 1 is 1.18 bits per heavy atom. The van der Waals surface area contributed by atoms with Crippen molar-refractivity contribution in [3.05, 3.63) is 59.0 Å². The molecule has 0 fully saturated rings. The Hall–Kier alpha value is -1.83. The number of hydrogen-bond donors (Lipinski definition) is 0. The molecule has 0 spiro atoms. The fourth-order valence-corrected chi connectivity index (χ4v) is 2.61. The van der Waals surface area contributed by atoms with Crippen LogP contribution in [0.2, 0.25) is 0 Å². The lowest BCUT2D eigenvalue weighted by Crippen LogP contribution is -2.17. The summed E-state index contributed by atoms with van der Waals surface area (Å²) < 4.78 is 5.49. The monoisotopic (exact) mass is 226 g/mol. The molecule has 0 N–H and O–H groups in total. The van der Waals surface area contributed by atoms with Crippen LogP contribution in [-0.4, -0.2) is 5.78 Å². The SMILES string of the molecule is Cc1coc2c1C(=O)CC(c1ccccc1)C2. The predicted octanol–water partition coefficient (Wildman–Crippen LogP) is 3.50. The third kappa shape index (κ3) is 1.70. The van der Waals surface area contributed by atoms with Gasteiger partial charge in [0.25, 0.3) is 0 Å². The smallest absolute Gasteiger partial charge is 0.167 e. The first-order valence-corrected chi connectivity index (χ1v) is 5.91. The van der Waals surface area contributed by atoms with Crippen LogP contribution in [0.25, 0.3) is 0 Å². The molecule has 1 heterocycles. The quantitative estimate of drug-likeness (QED) is 0.745. The number of hydrogen-bond acceptors (Lipinski definition) is 2. The highest BCUT2D eigenvalue weighted by Crippen LogP contribution is 2.34. The zero-order valence-corrected chi connectivity index (χ0v) is 9.77. The van der Waals surface area contributed by atoms with Crippen LogP contribution in [0.15, 0.2) is 41.0 Å². The predicted molar refractivity (Wildman–Crippen MR) is 65.3 cm³/mol. The summed E-state index contributed by atoms with van der Waals surface area (Å²) in [5, 5.41) is 0. The van der Waals surface area contributed by atoms with Gasteiger partial charge in [-0.1, -0.05) is 30.3 Å². The third-order valence-electron chi connectivity index (χ3n) is 3.46. The maximum absolute atomic E-state index is 12.1. The van der Waals surface area contributed by atoms with Crippen LogP contribution in [-0.2, 0) is 6.42 Å². The Kier molecular flexibility index (Phi) is 2.36. The van der Waals surface area contributed by atoms with E-state index >= 15 is 0 Å². The average Bonchev–Trinajstić information content (AvgIpc) is 2.73. The van der Waals surface area contributed by atoms with E-state index in [1.54, 1.807) is 6.26 Å². The van der Waals surface area contributed by atoms with E-state index in [-0.39, 0.29) is 11.7 Å². The van der Waals surface area contributed by atoms with Gasteiger partial charge in [0.1, 0.15) is 5.76 Å². The number of fused-ring (bicyclic) bond motifs is 1. The molecule has 0 radical (unpaired) electrons. The number of carbonyl (C=O) groups is 1. The van der Waals surface area contributed by atoms with Crippen molar-refractivity contribution < 1.29 is 9.21 Å². The first-order chi connectivity index (χ1) is 8.25. The highest BCUT2D eigenvalue weighted by molar-refractivity contribution is 5.99. The minimum Gasteiger partial charge on any atom is -0.468 e. The summed E-state index contributed by atoms with van der Waals surface area (Å²) in [5.41, 5.74) is 3.01. The summed E-state index contributed by atoms with van der Waals surface area (Å²) in [6.45, 7) is 1.93. The maximum Gasteiger partial charge on any atom is 0.167 e. The zero-order chi connectivity index (χ0) is 11.8. The Balaban J connectivity index is 1.97. The third-order valence-corrected chi connectivity index (χ3v) is 3.46. The Labute approximate surface area is 100 Å². The van der Waals surface area contributed by atoms with Crippen LogP contribution in [0.5, 0.6) is 0 Å². The lowest BCUT2D eigenvalue weighted by molar-refractivity contribution is 0.0960. The normalized spacial score (nSPS) is 19.1. The van der Waals surface area contributed by atoms with Gasteiger partial charge in [0.15, 0.2) is 5.78 Å². The molecule has 1 unspecified atom stereocenters. The molecule has 1 aromatic heterocycles. The molecule has 2 aromatic rings. The van der Waals surface area contributed by atoms with Gasteiger partial charge in [-0.15, -0.1) is 0 Å². The minimum absolute atomic E-state index is 0.214. The van der Waals surface area contributed by atoms with Crippen LogP contribution in [0.3, 0.4) is 0 Å². The zero-order valence-electron chi connectivity index (χ0n) is 9.77. The van der Waals surface area contributed by atoms with Gasteiger partial charge in [-0.2, -0.15) is 0 Å². The van der Waals surface area contributed by atoms with Crippen LogP contribution in [0, 0.1) is 6.92 Å². The number of Topliss-reactive ketones (excluding diaryl/α,β-unsaturated/α-hetero) is 1. The van der Waals surface area contributed by atoms with Gasteiger partial charge in [0.2, 0.25) is 0 Å². The van der Waals surface area contributed by atoms with Crippen molar-refractivity contribution in [2.24, 2.45) is 0 Å². The van der Waals surface area contributed by atoms with Gasteiger partial charge in [-0.25, -0.2) is 0 Å². The van der Waals surface area contributed by atoms with Gasteiger partial charge in [-0.3, -0.25) is 4.79 Å². The van der Waals surface area contributed by atoms with Crippen molar-refractivity contribution in [2.75, 3.05) is 0 Å². The minimum atomic E-state index is 0.214. The van der Waals surface area contributed by atoms with E-state index in [2.05, 4.69) is 12.1 Å². The van der Waals surface area contributed by atoms with Crippen molar-refractivity contribution in [1.82, 2.24) is 0 Å². The molecule has 1 atom stereocenters. The van der Waals surface area contributed by atoms with Crippen LogP contribution in [0.1, 0.15) is 39.6 Å². The lowest BCUT2D eigenvalue weighted by Gasteiger charge is -2.20. The highest BCUT2D eigenvalue weighted by atomic mass is 16.3. The maximum atomic E-state index is 12.1. The second-order valence-corrected chi connectivity index (χ2v) is 4.66. The van der Waals surface area contributed by atoms with Gasteiger partial charge in [0.05, 0.1) is 11.8 Å². The number of rotatable bonds is 1. The van der Waals surface area contributed by atoms with Crippen LogP contribution in [0.4, 0.5) is 0 Å². The molecule has 0 saturated heterocycles. The molecule has 0 aliphatic heterocycles. The summed E-state index contributed by atoms with van der Waals surface area (Å²) in [6, 6.07) is 10.2. The Bertz CT molecular complexity index is 552.